The molecule has 0 radical (unpaired) electrons. The van der Waals surface area contributed by atoms with E-state index in [0.29, 0.717) is 19.6 Å². The molecule has 0 saturated heterocycles. The molecule has 4 heteroatoms. The van der Waals surface area contributed by atoms with E-state index in [-0.39, 0.29) is 0 Å². The van der Waals surface area contributed by atoms with Crippen LogP contribution in [0.25, 0.3) is 0 Å². The van der Waals surface area contributed by atoms with Crippen LogP contribution in [0.15, 0.2) is 30.3 Å². The zero-order valence-electron chi connectivity index (χ0n) is 11.0. The first-order valence-corrected chi connectivity index (χ1v) is 6.25. The predicted octanol–water partition coefficient (Wildman–Crippen LogP) is 2.30. The van der Waals surface area contributed by atoms with Crippen LogP contribution in [0, 0.1) is 0 Å². The highest BCUT2D eigenvalue weighted by Crippen LogP contribution is 2.13. The van der Waals surface area contributed by atoms with Crippen LogP contribution < -0.4 is 10.1 Å². The minimum Gasteiger partial charge on any atom is -0.494 e. The first-order chi connectivity index (χ1) is 8.58. The van der Waals surface area contributed by atoms with E-state index in [1.807, 2.05) is 37.3 Å². The van der Waals surface area contributed by atoms with E-state index in [0.717, 1.165) is 12.2 Å². The second-order valence-corrected chi connectivity index (χ2v) is 4.48. The average Bonchev–Trinajstić information content (AvgIpc) is 2.37. The molecule has 0 saturated carbocycles. The molecule has 0 heterocycles. The summed E-state index contributed by atoms with van der Waals surface area (Å²) >= 11 is 0. The molecule has 1 atom stereocenters. The molecule has 0 spiro atoms. The smallest absolute Gasteiger partial charge is 0.323 e. The second-order valence-electron chi connectivity index (χ2n) is 4.48. The Labute approximate surface area is 108 Å². The normalized spacial score (nSPS) is 13.9. The average molecular weight is 251 g/mol. The van der Waals surface area contributed by atoms with Gasteiger partial charge in [-0.3, -0.25) is 4.79 Å². The van der Waals surface area contributed by atoms with Gasteiger partial charge in [0.25, 0.3) is 0 Å². The second kappa shape index (κ2) is 7.01. The van der Waals surface area contributed by atoms with Crippen LogP contribution >= 0.6 is 0 Å². The molecular weight excluding hydrogens is 230 g/mol. The molecule has 0 amide bonds. The Bertz CT molecular complexity index is 367. The third-order valence-corrected chi connectivity index (χ3v) is 2.85. The quantitative estimate of drug-likeness (QED) is 0.744. The predicted molar refractivity (Wildman–Crippen MR) is 70.9 cm³/mol. The zero-order valence-corrected chi connectivity index (χ0v) is 11.0. The number of carboxylic acid groups (broad SMARTS) is 1. The Morgan fingerprint density at radius 1 is 1.39 bits per heavy atom. The van der Waals surface area contributed by atoms with E-state index in [1.54, 1.807) is 6.92 Å². The van der Waals surface area contributed by atoms with E-state index in [2.05, 4.69) is 5.32 Å². The van der Waals surface area contributed by atoms with Crippen LogP contribution in [0.2, 0.25) is 0 Å². The molecule has 1 rings (SSSR count). The minimum atomic E-state index is -0.926. The van der Waals surface area contributed by atoms with Gasteiger partial charge in [0.05, 0.1) is 6.61 Å². The Morgan fingerprint density at radius 2 is 2.06 bits per heavy atom. The molecular formula is C14H21NO3. The monoisotopic (exact) mass is 251 g/mol. The summed E-state index contributed by atoms with van der Waals surface area (Å²) in [6, 6.07) is 9.41. The minimum absolute atomic E-state index is 0.378. The Morgan fingerprint density at radius 3 is 2.61 bits per heavy atom. The van der Waals surface area contributed by atoms with Crippen molar-refractivity contribution in [2.75, 3.05) is 13.2 Å². The molecule has 0 fully saturated rings. The van der Waals surface area contributed by atoms with E-state index >= 15 is 0 Å². The number of para-hydroxylation sites is 1. The first-order valence-electron chi connectivity index (χ1n) is 6.25. The Balaban J connectivity index is 2.45. The molecule has 2 N–H and O–H groups in total. The molecule has 1 aromatic carbocycles. The van der Waals surface area contributed by atoms with Crippen molar-refractivity contribution in [3.63, 3.8) is 0 Å². The number of nitrogens with one attached hydrogen (secondary N) is 1. The fraction of sp³-hybridized carbons (Fsp3) is 0.500. The van der Waals surface area contributed by atoms with Crippen molar-refractivity contribution in [3.8, 4) is 5.75 Å². The van der Waals surface area contributed by atoms with Crippen molar-refractivity contribution in [2.45, 2.75) is 32.2 Å². The SMILES string of the molecule is CCCNC(C)(CCOc1ccccc1)C(=O)O. The van der Waals surface area contributed by atoms with Gasteiger partial charge in [-0.15, -0.1) is 0 Å². The Hall–Kier alpha value is -1.55. The maximum absolute atomic E-state index is 11.3. The van der Waals surface area contributed by atoms with Crippen LogP contribution in [0.1, 0.15) is 26.7 Å². The van der Waals surface area contributed by atoms with Gasteiger partial charge in [-0.05, 0) is 32.0 Å². The Kier molecular flexibility index (Phi) is 5.65. The van der Waals surface area contributed by atoms with Gasteiger partial charge in [-0.2, -0.15) is 0 Å². The first kappa shape index (κ1) is 14.5. The van der Waals surface area contributed by atoms with Gasteiger partial charge in [0.1, 0.15) is 11.3 Å². The van der Waals surface area contributed by atoms with Crippen LogP contribution in [-0.2, 0) is 4.79 Å². The lowest BCUT2D eigenvalue weighted by Crippen LogP contribution is -2.50. The third kappa shape index (κ3) is 4.37. The number of aliphatic carboxylic acids is 1. The molecule has 4 nitrogen and oxygen atoms in total. The van der Waals surface area contributed by atoms with E-state index in [4.69, 9.17) is 4.74 Å². The standard InChI is InChI=1S/C14H21NO3/c1-3-10-15-14(2,13(16)17)9-11-18-12-7-5-4-6-8-12/h4-8,15H,3,9-11H2,1-2H3,(H,16,17). The summed E-state index contributed by atoms with van der Waals surface area (Å²) < 4.78 is 5.53. The number of carbonyl (C=O) groups is 1. The number of benzene rings is 1. The maximum Gasteiger partial charge on any atom is 0.323 e. The maximum atomic E-state index is 11.3. The molecule has 0 aliphatic rings. The van der Waals surface area contributed by atoms with Crippen molar-refractivity contribution < 1.29 is 14.6 Å². The highest BCUT2D eigenvalue weighted by Gasteiger charge is 2.31. The van der Waals surface area contributed by atoms with Gasteiger partial charge >= 0.3 is 5.97 Å². The van der Waals surface area contributed by atoms with Gasteiger partial charge in [0.2, 0.25) is 0 Å². The van der Waals surface area contributed by atoms with Crippen molar-refractivity contribution in [1.82, 2.24) is 5.32 Å². The van der Waals surface area contributed by atoms with Crippen LogP contribution in [0.5, 0.6) is 5.75 Å². The summed E-state index contributed by atoms with van der Waals surface area (Å²) in [6.45, 7) is 4.77. The third-order valence-electron chi connectivity index (χ3n) is 2.85. The van der Waals surface area contributed by atoms with E-state index in [1.165, 1.54) is 0 Å². The molecule has 0 aliphatic carbocycles. The van der Waals surface area contributed by atoms with Crippen LogP contribution in [0.3, 0.4) is 0 Å². The lowest BCUT2D eigenvalue weighted by molar-refractivity contribution is -0.144. The van der Waals surface area contributed by atoms with Crippen LogP contribution in [-0.4, -0.2) is 29.8 Å². The largest absolute Gasteiger partial charge is 0.494 e. The highest BCUT2D eigenvalue weighted by atomic mass is 16.5. The van der Waals surface area contributed by atoms with E-state index in [9.17, 15) is 9.90 Å². The topological polar surface area (TPSA) is 58.6 Å². The van der Waals surface area contributed by atoms with Gasteiger partial charge in [-0.1, -0.05) is 25.1 Å². The van der Waals surface area contributed by atoms with Crippen LogP contribution in [0.4, 0.5) is 0 Å². The molecule has 0 aromatic heterocycles. The molecule has 100 valence electrons. The van der Waals surface area contributed by atoms with Gasteiger partial charge in [0, 0.05) is 6.42 Å². The van der Waals surface area contributed by atoms with Crippen molar-refractivity contribution in [1.29, 1.82) is 0 Å². The summed E-state index contributed by atoms with van der Waals surface area (Å²) in [5.41, 5.74) is -0.926. The molecule has 0 aliphatic heterocycles. The van der Waals surface area contributed by atoms with Gasteiger partial charge in [-0.25, -0.2) is 0 Å². The van der Waals surface area contributed by atoms with Gasteiger partial charge < -0.3 is 15.2 Å². The highest BCUT2D eigenvalue weighted by molar-refractivity contribution is 5.78. The van der Waals surface area contributed by atoms with E-state index < -0.39 is 11.5 Å². The molecule has 1 aromatic rings. The lowest BCUT2D eigenvalue weighted by atomic mass is 9.98. The number of hydrogen-bond acceptors (Lipinski definition) is 3. The van der Waals surface area contributed by atoms with Crippen molar-refractivity contribution >= 4 is 5.97 Å². The zero-order chi connectivity index (χ0) is 13.4. The van der Waals surface area contributed by atoms with Crippen molar-refractivity contribution in [2.24, 2.45) is 0 Å². The summed E-state index contributed by atoms with van der Waals surface area (Å²) in [5.74, 6) is -0.0756. The summed E-state index contributed by atoms with van der Waals surface area (Å²) in [6.07, 6.45) is 1.33. The lowest BCUT2D eigenvalue weighted by Gasteiger charge is -2.26. The van der Waals surface area contributed by atoms with Gasteiger partial charge in [0.15, 0.2) is 0 Å². The summed E-state index contributed by atoms with van der Waals surface area (Å²) in [4.78, 5) is 11.3. The fourth-order valence-electron chi connectivity index (χ4n) is 1.56. The number of rotatable bonds is 8. The fourth-order valence-corrected chi connectivity index (χ4v) is 1.56. The molecule has 18 heavy (non-hydrogen) atoms. The molecule has 1 unspecified atom stereocenters. The van der Waals surface area contributed by atoms with Crippen molar-refractivity contribution in [3.05, 3.63) is 30.3 Å². The number of ether oxygens (including phenoxy) is 1. The summed E-state index contributed by atoms with van der Waals surface area (Å²) in [7, 11) is 0. The molecule has 0 bridgehead atoms. The number of carboxylic acids is 1. The summed E-state index contributed by atoms with van der Waals surface area (Å²) in [5, 5.41) is 12.3. The number of hydrogen-bond donors (Lipinski definition) is 2.